The van der Waals surface area contributed by atoms with E-state index >= 15 is 0 Å². The zero-order valence-corrected chi connectivity index (χ0v) is 15.5. The lowest BCUT2D eigenvalue weighted by molar-refractivity contribution is -0.122. The van der Waals surface area contributed by atoms with Gasteiger partial charge in [-0.3, -0.25) is 9.59 Å². The van der Waals surface area contributed by atoms with Crippen molar-refractivity contribution >= 4 is 29.2 Å². The average Bonchev–Trinajstić information content (AvgIpc) is 3.45. The Bertz CT molecular complexity index is 907. The number of esters is 1. The van der Waals surface area contributed by atoms with Gasteiger partial charge in [-0.25, -0.2) is 4.79 Å². The van der Waals surface area contributed by atoms with Gasteiger partial charge in [0, 0.05) is 5.69 Å². The Morgan fingerprint density at radius 1 is 0.926 bits per heavy atom. The van der Waals surface area contributed by atoms with Crippen molar-refractivity contribution in [3.05, 3.63) is 59.2 Å². The van der Waals surface area contributed by atoms with Crippen molar-refractivity contribution in [1.82, 2.24) is 0 Å². The highest BCUT2D eigenvalue weighted by atomic mass is 16.5. The van der Waals surface area contributed by atoms with Crippen LogP contribution >= 0.6 is 0 Å². The smallest absolute Gasteiger partial charge is 0.339 e. The Kier molecular flexibility index (Phi) is 5.26. The number of para-hydroxylation sites is 1. The van der Waals surface area contributed by atoms with Gasteiger partial charge in [0.2, 0.25) is 11.8 Å². The maximum Gasteiger partial charge on any atom is 0.339 e. The number of methoxy groups -OCH3 is 1. The van der Waals surface area contributed by atoms with Gasteiger partial charge in [-0.1, -0.05) is 18.2 Å². The predicted octanol–water partition coefficient (Wildman–Crippen LogP) is 3.30. The molecule has 6 nitrogen and oxygen atoms in total. The van der Waals surface area contributed by atoms with Crippen molar-refractivity contribution < 1.29 is 19.1 Å². The van der Waals surface area contributed by atoms with E-state index in [1.165, 1.54) is 7.11 Å². The van der Waals surface area contributed by atoms with E-state index < -0.39 is 11.9 Å². The third-order valence-corrected chi connectivity index (χ3v) is 4.83. The number of hydrogen-bond acceptors (Lipinski definition) is 4. The second-order valence-electron chi connectivity index (χ2n) is 6.76. The van der Waals surface area contributed by atoms with Gasteiger partial charge in [0.1, 0.15) is 0 Å². The summed E-state index contributed by atoms with van der Waals surface area (Å²) in [7, 11) is 1.29. The number of aryl methyl sites for hydroxylation is 2. The molecule has 0 bridgehead atoms. The number of carbonyl (C=O) groups is 3. The van der Waals surface area contributed by atoms with E-state index in [4.69, 9.17) is 4.74 Å². The average molecular weight is 366 g/mol. The minimum atomic E-state index is -0.522. The van der Waals surface area contributed by atoms with E-state index in [2.05, 4.69) is 10.6 Å². The summed E-state index contributed by atoms with van der Waals surface area (Å²) in [5.74, 6) is -1.73. The Morgan fingerprint density at radius 3 is 2.26 bits per heavy atom. The quantitative estimate of drug-likeness (QED) is 0.795. The van der Waals surface area contributed by atoms with E-state index in [1.54, 1.807) is 24.3 Å². The van der Waals surface area contributed by atoms with Gasteiger partial charge in [0.05, 0.1) is 30.2 Å². The van der Waals surface area contributed by atoms with Crippen molar-refractivity contribution in [3.63, 3.8) is 0 Å². The van der Waals surface area contributed by atoms with Crippen LogP contribution in [0.15, 0.2) is 42.5 Å². The van der Waals surface area contributed by atoms with Crippen LogP contribution in [0.5, 0.6) is 0 Å². The maximum atomic E-state index is 12.5. The molecule has 0 saturated heterocycles. The number of nitrogens with one attached hydrogen (secondary N) is 2. The summed E-state index contributed by atoms with van der Waals surface area (Å²) in [5, 5.41) is 5.60. The predicted molar refractivity (Wildman–Crippen MR) is 103 cm³/mol. The van der Waals surface area contributed by atoms with Crippen molar-refractivity contribution in [2.24, 2.45) is 11.8 Å². The Hall–Kier alpha value is -3.15. The highest BCUT2D eigenvalue weighted by Crippen LogP contribution is 2.40. The van der Waals surface area contributed by atoms with Crippen molar-refractivity contribution in [1.29, 1.82) is 0 Å². The van der Waals surface area contributed by atoms with Crippen LogP contribution in [0.1, 0.15) is 27.9 Å². The molecule has 6 heteroatoms. The maximum absolute atomic E-state index is 12.5. The summed E-state index contributed by atoms with van der Waals surface area (Å²) in [6.45, 7) is 3.99. The molecule has 0 radical (unpaired) electrons. The zero-order chi connectivity index (χ0) is 19.6. The van der Waals surface area contributed by atoms with E-state index in [0.29, 0.717) is 12.1 Å². The van der Waals surface area contributed by atoms with E-state index in [9.17, 15) is 14.4 Å². The number of rotatable bonds is 5. The summed E-state index contributed by atoms with van der Waals surface area (Å²) >= 11 is 0. The van der Waals surface area contributed by atoms with Gasteiger partial charge in [-0.15, -0.1) is 0 Å². The molecular weight excluding hydrogens is 344 g/mol. The first kappa shape index (κ1) is 18.6. The number of hydrogen-bond donors (Lipinski definition) is 2. The van der Waals surface area contributed by atoms with Crippen LogP contribution in [0.2, 0.25) is 0 Å². The molecule has 3 rings (SSSR count). The summed E-state index contributed by atoms with van der Waals surface area (Å²) < 4.78 is 4.72. The minimum absolute atomic E-state index is 0.167. The van der Waals surface area contributed by atoms with Crippen molar-refractivity contribution in [2.45, 2.75) is 20.3 Å². The zero-order valence-electron chi connectivity index (χ0n) is 15.5. The number of amides is 2. The largest absolute Gasteiger partial charge is 0.465 e. The van der Waals surface area contributed by atoms with Gasteiger partial charge >= 0.3 is 5.97 Å². The molecule has 2 aromatic carbocycles. The molecule has 2 N–H and O–H groups in total. The van der Waals surface area contributed by atoms with Crippen LogP contribution in [0.4, 0.5) is 11.4 Å². The fourth-order valence-electron chi connectivity index (χ4n) is 2.93. The number of ether oxygens (including phenoxy) is 1. The van der Waals surface area contributed by atoms with Crippen LogP contribution < -0.4 is 10.6 Å². The van der Waals surface area contributed by atoms with Gasteiger partial charge in [0.25, 0.3) is 0 Å². The minimum Gasteiger partial charge on any atom is -0.465 e. The first-order valence-electron chi connectivity index (χ1n) is 8.77. The number of carbonyl (C=O) groups excluding carboxylic acids is 3. The van der Waals surface area contributed by atoms with Crippen LogP contribution in [0.3, 0.4) is 0 Å². The second-order valence-corrected chi connectivity index (χ2v) is 6.76. The molecule has 2 amide bonds. The topological polar surface area (TPSA) is 84.5 Å². The molecule has 2 atom stereocenters. The normalized spacial score (nSPS) is 17.7. The molecule has 0 aliphatic heterocycles. The molecule has 0 spiro atoms. The molecule has 1 saturated carbocycles. The summed E-state index contributed by atoms with van der Waals surface area (Å²) in [4.78, 5) is 36.6. The van der Waals surface area contributed by atoms with Gasteiger partial charge in [0.15, 0.2) is 0 Å². The van der Waals surface area contributed by atoms with Crippen molar-refractivity contribution in [3.8, 4) is 0 Å². The van der Waals surface area contributed by atoms with Crippen LogP contribution in [-0.2, 0) is 14.3 Å². The SMILES string of the molecule is COC(=O)c1ccccc1NC(=O)C1CC1C(=O)Nc1ccc(C)c(C)c1. The molecule has 1 aliphatic carbocycles. The third-order valence-electron chi connectivity index (χ3n) is 4.83. The molecule has 0 heterocycles. The van der Waals surface area contributed by atoms with E-state index in [1.807, 2.05) is 32.0 Å². The first-order valence-corrected chi connectivity index (χ1v) is 8.77. The molecule has 0 aromatic heterocycles. The molecule has 2 unspecified atom stereocenters. The Morgan fingerprint density at radius 2 is 1.59 bits per heavy atom. The van der Waals surface area contributed by atoms with Crippen LogP contribution in [-0.4, -0.2) is 24.9 Å². The molecule has 1 aliphatic rings. The number of anilines is 2. The third kappa shape index (κ3) is 4.16. The Balaban J connectivity index is 1.61. The lowest BCUT2D eigenvalue weighted by Gasteiger charge is -2.10. The fraction of sp³-hybridized carbons (Fsp3) is 0.286. The van der Waals surface area contributed by atoms with Gasteiger partial charge in [-0.05, 0) is 55.7 Å². The summed E-state index contributed by atoms with van der Waals surface area (Å²) in [6.07, 6.45) is 0.489. The van der Waals surface area contributed by atoms with Crippen LogP contribution in [0, 0.1) is 25.7 Å². The standard InChI is InChI=1S/C21H22N2O4/c1-12-8-9-14(10-13(12)2)22-19(24)16-11-17(16)20(25)23-18-7-5-4-6-15(18)21(26)27-3/h4-10,16-17H,11H2,1-3H3,(H,22,24)(H,23,25). The molecule has 140 valence electrons. The molecule has 27 heavy (non-hydrogen) atoms. The highest BCUT2D eigenvalue weighted by Gasteiger charge is 2.48. The highest BCUT2D eigenvalue weighted by molar-refractivity contribution is 6.06. The molecule has 1 fully saturated rings. The van der Waals surface area contributed by atoms with E-state index in [0.717, 1.165) is 16.8 Å². The van der Waals surface area contributed by atoms with E-state index in [-0.39, 0.29) is 23.3 Å². The Labute approximate surface area is 157 Å². The first-order chi connectivity index (χ1) is 12.9. The summed E-state index contributed by atoms with van der Waals surface area (Å²) in [5.41, 5.74) is 3.64. The van der Waals surface area contributed by atoms with Crippen LogP contribution in [0.25, 0.3) is 0 Å². The number of benzene rings is 2. The fourth-order valence-corrected chi connectivity index (χ4v) is 2.93. The monoisotopic (exact) mass is 366 g/mol. The molecule has 2 aromatic rings. The molecular formula is C21H22N2O4. The lowest BCUT2D eigenvalue weighted by atomic mass is 10.1. The van der Waals surface area contributed by atoms with Crippen molar-refractivity contribution in [2.75, 3.05) is 17.7 Å². The lowest BCUT2D eigenvalue weighted by Crippen LogP contribution is -2.21. The summed E-state index contributed by atoms with van der Waals surface area (Å²) in [6, 6.07) is 12.3. The van der Waals surface area contributed by atoms with Gasteiger partial charge in [-0.2, -0.15) is 0 Å². The van der Waals surface area contributed by atoms with Gasteiger partial charge < -0.3 is 15.4 Å². The second kappa shape index (κ2) is 7.61.